The number of anilines is 2. The largest absolute Gasteiger partial charge is 0.465 e. The molecular weight excluding hydrogens is 422 g/mol. The van der Waals surface area contributed by atoms with Gasteiger partial charge in [-0.1, -0.05) is 48.5 Å². The van der Waals surface area contributed by atoms with E-state index in [1.165, 1.54) is 24.1 Å². The van der Waals surface area contributed by atoms with E-state index in [-0.39, 0.29) is 5.91 Å². The first kappa shape index (κ1) is 22.0. The Labute approximate surface area is 192 Å². The molecule has 2 heterocycles. The predicted octanol–water partition coefficient (Wildman–Crippen LogP) is 4.27. The monoisotopic (exact) mass is 449 g/mol. The Bertz CT molecular complexity index is 1070. The van der Waals surface area contributed by atoms with Crippen LogP contribution in [-0.2, 0) is 9.53 Å². The second kappa shape index (κ2) is 9.97. The van der Waals surface area contributed by atoms with Crippen molar-refractivity contribution in [3.8, 4) is 11.1 Å². The van der Waals surface area contributed by atoms with E-state index in [1.54, 1.807) is 0 Å². The van der Waals surface area contributed by atoms with Crippen LogP contribution in [0.5, 0.6) is 0 Å². The van der Waals surface area contributed by atoms with Crippen molar-refractivity contribution in [1.82, 2.24) is 4.90 Å². The highest BCUT2D eigenvalue weighted by molar-refractivity contribution is 7.17. The van der Waals surface area contributed by atoms with Crippen molar-refractivity contribution < 1.29 is 14.3 Å². The molecule has 1 amide bonds. The molecule has 4 rings (SSSR count). The van der Waals surface area contributed by atoms with E-state index in [1.807, 2.05) is 55.5 Å². The standard InChI is InChI=1S/C25H27N3O3S/c1-18-22(19-9-5-3-6-10-19)23(25(30)31-2)24(32-18)26-21(29)17-27-13-15-28(16-14-27)20-11-7-4-8-12-20/h3-12H,13-17H2,1-2H3,(H,26,29). The van der Waals surface area contributed by atoms with E-state index in [2.05, 4.69) is 27.2 Å². The number of rotatable bonds is 6. The van der Waals surface area contributed by atoms with Gasteiger partial charge in [-0.15, -0.1) is 11.3 Å². The lowest BCUT2D eigenvalue weighted by Gasteiger charge is -2.35. The Balaban J connectivity index is 1.44. The summed E-state index contributed by atoms with van der Waals surface area (Å²) < 4.78 is 5.04. The molecule has 7 heteroatoms. The van der Waals surface area contributed by atoms with Gasteiger partial charge >= 0.3 is 5.97 Å². The van der Waals surface area contributed by atoms with Crippen molar-refractivity contribution in [3.05, 3.63) is 71.1 Å². The summed E-state index contributed by atoms with van der Waals surface area (Å²) in [5.74, 6) is -0.566. The van der Waals surface area contributed by atoms with Crippen LogP contribution in [-0.4, -0.2) is 56.6 Å². The Kier molecular flexibility index (Phi) is 6.87. The number of thiophene rings is 1. The van der Waals surface area contributed by atoms with Crippen LogP contribution >= 0.6 is 11.3 Å². The summed E-state index contributed by atoms with van der Waals surface area (Å²) in [7, 11) is 1.36. The molecule has 2 aromatic carbocycles. The van der Waals surface area contributed by atoms with Crippen molar-refractivity contribution >= 4 is 33.9 Å². The van der Waals surface area contributed by atoms with Gasteiger partial charge in [-0.05, 0) is 24.6 Å². The van der Waals surface area contributed by atoms with Gasteiger partial charge in [0, 0.05) is 42.3 Å². The third-order valence-electron chi connectivity index (χ3n) is 5.65. The average molecular weight is 450 g/mol. The van der Waals surface area contributed by atoms with E-state index < -0.39 is 5.97 Å². The molecule has 32 heavy (non-hydrogen) atoms. The summed E-state index contributed by atoms with van der Waals surface area (Å²) in [6.07, 6.45) is 0. The number of methoxy groups -OCH3 is 1. The number of amides is 1. The molecule has 1 fully saturated rings. The quantitative estimate of drug-likeness (QED) is 0.570. The van der Waals surface area contributed by atoms with Gasteiger partial charge in [0.15, 0.2) is 0 Å². The maximum atomic E-state index is 12.8. The van der Waals surface area contributed by atoms with E-state index in [4.69, 9.17) is 4.74 Å². The fraction of sp³-hybridized carbons (Fsp3) is 0.280. The zero-order valence-corrected chi connectivity index (χ0v) is 19.2. The first-order valence-electron chi connectivity index (χ1n) is 10.7. The Morgan fingerprint density at radius 1 is 0.969 bits per heavy atom. The third kappa shape index (κ3) is 4.84. The van der Waals surface area contributed by atoms with E-state index in [0.29, 0.717) is 17.1 Å². The average Bonchev–Trinajstić information content (AvgIpc) is 3.15. The molecule has 1 aliphatic heterocycles. The first-order valence-corrected chi connectivity index (χ1v) is 11.5. The smallest absolute Gasteiger partial charge is 0.341 e. The Morgan fingerprint density at radius 3 is 2.22 bits per heavy atom. The van der Waals surface area contributed by atoms with E-state index >= 15 is 0 Å². The lowest BCUT2D eigenvalue weighted by Crippen LogP contribution is -2.48. The lowest BCUT2D eigenvalue weighted by molar-refractivity contribution is -0.117. The van der Waals surface area contributed by atoms with Crippen LogP contribution in [0.4, 0.5) is 10.7 Å². The fourth-order valence-corrected chi connectivity index (χ4v) is 5.13. The summed E-state index contributed by atoms with van der Waals surface area (Å²) in [5.41, 5.74) is 3.37. The number of para-hydroxylation sites is 1. The summed E-state index contributed by atoms with van der Waals surface area (Å²) in [5, 5.41) is 3.51. The Morgan fingerprint density at radius 2 is 1.59 bits per heavy atom. The number of ether oxygens (including phenoxy) is 1. The van der Waals surface area contributed by atoms with Gasteiger partial charge in [-0.2, -0.15) is 0 Å². The van der Waals surface area contributed by atoms with Crippen molar-refractivity contribution in [1.29, 1.82) is 0 Å². The highest BCUT2D eigenvalue weighted by atomic mass is 32.1. The van der Waals surface area contributed by atoms with Crippen LogP contribution < -0.4 is 10.2 Å². The van der Waals surface area contributed by atoms with Gasteiger partial charge in [0.2, 0.25) is 5.91 Å². The van der Waals surface area contributed by atoms with Crippen molar-refractivity contribution in [2.24, 2.45) is 0 Å². The van der Waals surface area contributed by atoms with Crippen LogP contribution in [0.15, 0.2) is 60.7 Å². The number of piperazine rings is 1. The maximum absolute atomic E-state index is 12.8. The van der Waals surface area contributed by atoms with Gasteiger partial charge in [-0.25, -0.2) is 4.79 Å². The summed E-state index contributed by atoms with van der Waals surface area (Å²) in [6, 6.07) is 20.0. The highest BCUT2D eigenvalue weighted by Gasteiger charge is 2.26. The number of aryl methyl sites for hydroxylation is 1. The minimum atomic E-state index is -0.444. The number of nitrogens with zero attached hydrogens (tertiary/aromatic N) is 2. The van der Waals surface area contributed by atoms with Crippen molar-refractivity contribution in [2.75, 3.05) is 50.1 Å². The van der Waals surface area contributed by atoms with Crippen molar-refractivity contribution in [3.63, 3.8) is 0 Å². The highest BCUT2D eigenvalue weighted by Crippen LogP contribution is 2.40. The second-order valence-corrected chi connectivity index (χ2v) is 8.97. The minimum absolute atomic E-state index is 0.121. The normalized spacial score (nSPS) is 14.2. The van der Waals surface area contributed by atoms with Crippen LogP contribution in [0, 0.1) is 6.92 Å². The van der Waals surface area contributed by atoms with E-state index in [9.17, 15) is 9.59 Å². The number of carbonyl (C=O) groups excluding carboxylic acids is 2. The molecule has 0 spiro atoms. The van der Waals surface area contributed by atoms with Gasteiger partial charge in [0.1, 0.15) is 10.6 Å². The number of carbonyl (C=O) groups is 2. The molecule has 0 atom stereocenters. The molecule has 1 aromatic heterocycles. The molecule has 0 saturated carbocycles. The number of hydrogen-bond donors (Lipinski definition) is 1. The first-order chi connectivity index (χ1) is 15.6. The fourth-order valence-electron chi connectivity index (χ4n) is 4.05. The zero-order valence-electron chi connectivity index (χ0n) is 18.3. The molecule has 0 radical (unpaired) electrons. The van der Waals surface area contributed by atoms with Crippen molar-refractivity contribution in [2.45, 2.75) is 6.92 Å². The molecule has 166 valence electrons. The summed E-state index contributed by atoms with van der Waals surface area (Å²) >= 11 is 1.41. The SMILES string of the molecule is COC(=O)c1c(NC(=O)CN2CCN(c3ccccc3)CC2)sc(C)c1-c1ccccc1. The molecule has 1 N–H and O–H groups in total. The summed E-state index contributed by atoms with van der Waals surface area (Å²) in [6.45, 7) is 5.62. The van der Waals surface area contributed by atoms with Gasteiger partial charge in [-0.3, -0.25) is 9.69 Å². The topological polar surface area (TPSA) is 61.9 Å². The number of nitrogens with one attached hydrogen (secondary N) is 1. The number of benzene rings is 2. The van der Waals surface area contributed by atoms with Gasteiger partial charge in [0.05, 0.1) is 13.7 Å². The van der Waals surface area contributed by atoms with Crippen LogP contribution in [0.1, 0.15) is 15.2 Å². The van der Waals surface area contributed by atoms with Crippen LogP contribution in [0.25, 0.3) is 11.1 Å². The molecule has 1 saturated heterocycles. The van der Waals surface area contributed by atoms with Crippen LogP contribution in [0.3, 0.4) is 0 Å². The predicted molar refractivity (Wildman–Crippen MR) is 130 cm³/mol. The van der Waals surface area contributed by atoms with E-state index in [0.717, 1.165) is 42.2 Å². The maximum Gasteiger partial charge on any atom is 0.341 e. The molecule has 3 aromatic rings. The lowest BCUT2D eigenvalue weighted by atomic mass is 10.0. The third-order valence-corrected chi connectivity index (χ3v) is 6.67. The molecular formula is C25H27N3O3S. The van der Waals surface area contributed by atoms with Gasteiger partial charge < -0.3 is 15.0 Å². The van der Waals surface area contributed by atoms with Gasteiger partial charge in [0.25, 0.3) is 0 Å². The van der Waals surface area contributed by atoms with Crippen LogP contribution in [0.2, 0.25) is 0 Å². The molecule has 6 nitrogen and oxygen atoms in total. The molecule has 0 unspecified atom stereocenters. The zero-order chi connectivity index (χ0) is 22.5. The summed E-state index contributed by atoms with van der Waals surface area (Å²) in [4.78, 5) is 30.9. The molecule has 0 aliphatic carbocycles. The molecule has 0 bridgehead atoms. The number of hydrogen-bond acceptors (Lipinski definition) is 6. The molecule has 1 aliphatic rings. The second-order valence-electron chi connectivity index (χ2n) is 7.74. The minimum Gasteiger partial charge on any atom is -0.465 e. The Hall–Kier alpha value is -3.16. The number of esters is 1.